The normalized spacial score (nSPS) is 12.9. The van der Waals surface area contributed by atoms with Crippen LogP contribution in [0.25, 0.3) is 10.8 Å². The van der Waals surface area contributed by atoms with Crippen molar-refractivity contribution in [3.05, 3.63) is 42.0 Å². The van der Waals surface area contributed by atoms with E-state index in [0.29, 0.717) is 5.39 Å². The van der Waals surface area contributed by atoms with Crippen molar-refractivity contribution < 1.29 is 13.5 Å². The average Bonchev–Trinajstić information content (AvgIpc) is 2.38. The zero-order valence-corrected chi connectivity index (χ0v) is 11.0. The van der Waals surface area contributed by atoms with Crippen molar-refractivity contribution >= 4 is 10.8 Å². The predicted molar refractivity (Wildman–Crippen MR) is 72.7 cm³/mol. The van der Waals surface area contributed by atoms with E-state index in [1.165, 1.54) is 0 Å². The number of benzene rings is 2. The van der Waals surface area contributed by atoms with Crippen LogP contribution in [0.3, 0.4) is 0 Å². The minimum absolute atomic E-state index is 0.0386. The zero-order valence-electron chi connectivity index (χ0n) is 11.0. The Hall–Kier alpha value is -1.68. The monoisotopic (exact) mass is 265 g/mol. The minimum atomic E-state index is -2.82. The third-order valence-corrected chi connectivity index (χ3v) is 3.09. The van der Waals surface area contributed by atoms with Crippen molar-refractivity contribution in [1.82, 2.24) is 5.32 Å². The van der Waals surface area contributed by atoms with Crippen molar-refractivity contribution in [3.8, 4) is 5.75 Å². The highest BCUT2D eigenvalue weighted by Crippen LogP contribution is 2.34. The Balaban J connectivity index is 2.55. The topological polar surface area (TPSA) is 21.3 Å². The molecular formula is C15H17F2NO. The lowest BCUT2D eigenvalue weighted by molar-refractivity contribution is -0.0495. The van der Waals surface area contributed by atoms with Crippen LogP contribution >= 0.6 is 0 Å². The molecule has 0 radical (unpaired) electrons. The molecule has 0 aliphatic carbocycles. The fourth-order valence-corrected chi connectivity index (χ4v) is 2.24. The van der Waals surface area contributed by atoms with Gasteiger partial charge in [0, 0.05) is 17.0 Å². The van der Waals surface area contributed by atoms with Gasteiger partial charge in [0.05, 0.1) is 0 Å². The number of alkyl halides is 2. The molecule has 1 atom stereocenters. The largest absolute Gasteiger partial charge is 0.434 e. The molecule has 2 aromatic carbocycles. The first-order valence-electron chi connectivity index (χ1n) is 6.33. The number of fused-ring (bicyclic) bond motifs is 1. The van der Waals surface area contributed by atoms with Crippen LogP contribution in [0.2, 0.25) is 0 Å². The second kappa shape index (κ2) is 5.97. The lowest BCUT2D eigenvalue weighted by Crippen LogP contribution is -2.19. The first-order chi connectivity index (χ1) is 9.13. The number of halogens is 2. The average molecular weight is 265 g/mol. The van der Waals surface area contributed by atoms with Crippen LogP contribution in [-0.4, -0.2) is 13.2 Å². The molecule has 0 fully saturated rings. The van der Waals surface area contributed by atoms with Crippen molar-refractivity contribution in [2.24, 2.45) is 0 Å². The summed E-state index contributed by atoms with van der Waals surface area (Å²) in [7, 11) is 0. The van der Waals surface area contributed by atoms with Gasteiger partial charge in [-0.15, -0.1) is 0 Å². The van der Waals surface area contributed by atoms with Gasteiger partial charge in [0.2, 0.25) is 0 Å². The van der Waals surface area contributed by atoms with Gasteiger partial charge >= 0.3 is 6.61 Å². The number of hydrogen-bond acceptors (Lipinski definition) is 2. The summed E-state index contributed by atoms with van der Waals surface area (Å²) in [6.45, 7) is 1.86. The molecule has 1 N–H and O–H groups in total. The van der Waals surface area contributed by atoms with Gasteiger partial charge in [-0.25, -0.2) is 0 Å². The van der Waals surface area contributed by atoms with Gasteiger partial charge in [0.25, 0.3) is 0 Å². The molecule has 0 aromatic heterocycles. The summed E-state index contributed by atoms with van der Waals surface area (Å²) in [5.41, 5.74) is 0.751. The second-order valence-electron chi connectivity index (χ2n) is 4.36. The maximum atomic E-state index is 12.6. The summed E-state index contributed by atoms with van der Waals surface area (Å²) in [6.07, 6.45) is 0. The Morgan fingerprint density at radius 3 is 2.58 bits per heavy atom. The molecule has 0 bridgehead atoms. The van der Waals surface area contributed by atoms with E-state index < -0.39 is 6.61 Å². The molecular weight excluding hydrogens is 248 g/mol. The van der Waals surface area contributed by atoms with Gasteiger partial charge in [-0.3, -0.25) is 0 Å². The number of rotatable bonds is 5. The van der Waals surface area contributed by atoms with Crippen molar-refractivity contribution in [2.75, 3.05) is 6.54 Å². The smallest absolute Gasteiger partial charge is 0.387 e. The first kappa shape index (κ1) is 13.7. The molecule has 0 saturated carbocycles. The Labute approximate surface area is 111 Å². The summed E-state index contributed by atoms with van der Waals surface area (Å²) in [6, 6.07) is 11.1. The van der Waals surface area contributed by atoms with Gasteiger partial charge in [-0.2, -0.15) is 8.78 Å². The molecule has 0 heterocycles. The highest BCUT2D eigenvalue weighted by Gasteiger charge is 2.17. The van der Waals surface area contributed by atoms with Gasteiger partial charge < -0.3 is 10.1 Å². The molecule has 0 spiro atoms. The number of hydrogen-bond donors (Lipinski definition) is 1. The van der Waals surface area contributed by atoms with E-state index >= 15 is 0 Å². The van der Waals surface area contributed by atoms with Crippen molar-refractivity contribution in [3.63, 3.8) is 0 Å². The fraction of sp³-hybridized carbons (Fsp3) is 0.333. The summed E-state index contributed by atoms with van der Waals surface area (Å²) >= 11 is 0. The molecule has 0 amide bonds. The van der Waals surface area contributed by atoms with Gasteiger partial charge in [-0.1, -0.05) is 43.3 Å². The van der Waals surface area contributed by atoms with Crippen LogP contribution in [-0.2, 0) is 0 Å². The van der Waals surface area contributed by atoms with Gasteiger partial charge in [0.1, 0.15) is 5.75 Å². The lowest BCUT2D eigenvalue weighted by atomic mass is 10.0. The zero-order chi connectivity index (χ0) is 13.8. The summed E-state index contributed by atoms with van der Waals surface area (Å²) in [5, 5.41) is 4.82. The minimum Gasteiger partial charge on any atom is -0.434 e. The van der Waals surface area contributed by atoms with Gasteiger partial charge in [-0.05, 0) is 18.9 Å². The van der Waals surface area contributed by atoms with Crippen LogP contribution in [0.4, 0.5) is 8.78 Å². The number of ether oxygens (including phenoxy) is 1. The number of nitrogens with one attached hydrogen (secondary N) is 1. The molecule has 2 aromatic rings. The Kier molecular flexibility index (Phi) is 4.32. The SMILES string of the molecule is CCNC(C)c1ccc2ccccc2c1OC(F)F. The Morgan fingerprint density at radius 1 is 1.16 bits per heavy atom. The van der Waals surface area contributed by atoms with E-state index in [-0.39, 0.29) is 11.8 Å². The molecule has 2 nitrogen and oxygen atoms in total. The highest BCUT2D eigenvalue weighted by atomic mass is 19.3. The van der Waals surface area contributed by atoms with Crippen LogP contribution in [0.5, 0.6) is 5.75 Å². The second-order valence-corrected chi connectivity index (χ2v) is 4.36. The maximum absolute atomic E-state index is 12.6. The van der Waals surface area contributed by atoms with Crippen LogP contribution in [0.15, 0.2) is 36.4 Å². The predicted octanol–water partition coefficient (Wildman–Crippen LogP) is 4.11. The van der Waals surface area contributed by atoms with E-state index in [1.807, 2.05) is 44.2 Å². The first-order valence-corrected chi connectivity index (χ1v) is 6.33. The van der Waals surface area contributed by atoms with E-state index in [0.717, 1.165) is 17.5 Å². The Morgan fingerprint density at radius 2 is 1.89 bits per heavy atom. The maximum Gasteiger partial charge on any atom is 0.387 e. The quantitative estimate of drug-likeness (QED) is 0.878. The fourth-order valence-electron chi connectivity index (χ4n) is 2.24. The summed E-state index contributed by atoms with van der Waals surface area (Å²) < 4.78 is 30.0. The standard InChI is InChI=1S/C15H17F2NO/c1-3-18-10(2)12-9-8-11-6-4-5-7-13(11)14(12)19-15(16)17/h4-10,15,18H,3H2,1-2H3. The summed E-state index contributed by atoms with van der Waals surface area (Å²) in [4.78, 5) is 0. The molecule has 4 heteroatoms. The molecule has 102 valence electrons. The third kappa shape index (κ3) is 3.01. The molecule has 1 unspecified atom stereocenters. The van der Waals surface area contributed by atoms with Crippen LogP contribution in [0.1, 0.15) is 25.5 Å². The molecule has 2 rings (SSSR count). The Bertz CT molecular complexity index is 557. The molecule has 0 aliphatic rings. The van der Waals surface area contributed by atoms with Crippen molar-refractivity contribution in [1.29, 1.82) is 0 Å². The van der Waals surface area contributed by atoms with Crippen LogP contribution in [0, 0.1) is 0 Å². The summed E-state index contributed by atoms with van der Waals surface area (Å²) in [5.74, 6) is 0.265. The third-order valence-electron chi connectivity index (χ3n) is 3.09. The van der Waals surface area contributed by atoms with E-state index in [1.54, 1.807) is 6.07 Å². The van der Waals surface area contributed by atoms with E-state index in [4.69, 9.17) is 4.74 Å². The van der Waals surface area contributed by atoms with Crippen molar-refractivity contribution in [2.45, 2.75) is 26.5 Å². The van der Waals surface area contributed by atoms with E-state index in [2.05, 4.69) is 5.32 Å². The molecule has 19 heavy (non-hydrogen) atoms. The lowest BCUT2D eigenvalue weighted by Gasteiger charge is -2.19. The van der Waals surface area contributed by atoms with Gasteiger partial charge in [0.15, 0.2) is 0 Å². The molecule has 0 saturated heterocycles. The van der Waals surface area contributed by atoms with Crippen LogP contribution < -0.4 is 10.1 Å². The van der Waals surface area contributed by atoms with E-state index in [9.17, 15) is 8.78 Å². The highest BCUT2D eigenvalue weighted by molar-refractivity contribution is 5.89. The molecule has 0 aliphatic heterocycles.